The molecule has 0 aliphatic carbocycles. The lowest BCUT2D eigenvalue weighted by atomic mass is 9.60. The van der Waals surface area contributed by atoms with Crippen molar-refractivity contribution in [2.75, 3.05) is 6.79 Å². The molecule has 1 saturated heterocycles. The van der Waals surface area contributed by atoms with Crippen LogP contribution in [0.3, 0.4) is 0 Å². The predicted octanol–water partition coefficient (Wildman–Crippen LogP) is 4.40. The van der Waals surface area contributed by atoms with Gasteiger partial charge in [0.05, 0.1) is 6.10 Å². The zero-order valence-electron chi connectivity index (χ0n) is 16.2. The largest absolute Gasteiger partial charge is 0.482 e. The molecule has 4 nitrogen and oxygen atoms in total. The lowest BCUT2D eigenvalue weighted by molar-refractivity contribution is -0.323. The minimum Gasteiger partial charge on any atom is -0.482 e. The molecule has 0 aromatic rings. The highest BCUT2D eigenvalue weighted by Gasteiger charge is 2.64. The third-order valence-corrected chi connectivity index (χ3v) is 6.41. The first-order valence-electron chi connectivity index (χ1n) is 8.90. The van der Waals surface area contributed by atoms with E-state index in [1.165, 1.54) is 6.08 Å². The Kier molecular flexibility index (Phi) is 5.04. The van der Waals surface area contributed by atoms with Gasteiger partial charge in [0.25, 0.3) is 0 Å². The molecule has 2 aliphatic rings. The summed E-state index contributed by atoms with van der Waals surface area (Å²) in [6.07, 6.45) is 2.86. The van der Waals surface area contributed by atoms with E-state index in [0.29, 0.717) is 5.76 Å². The van der Waals surface area contributed by atoms with Gasteiger partial charge in [0.15, 0.2) is 5.76 Å². The summed E-state index contributed by atoms with van der Waals surface area (Å²) in [6, 6.07) is 0. The van der Waals surface area contributed by atoms with Crippen molar-refractivity contribution >= 4 is 5.78 Å². The monoisotopic (exact) mass is 336 g/mol. The quantitative estimate of drug-likeness (QED) is 0.698. The van der Waals surface area contributed by atoms with E-state index >= 15 is 0 Å². The fourth-order valence-corrected chi connectivity index (χ4v) is 4.53. The van der Waals surface area contributed by atoms with Crippen molar-refractivity contribution in [3.05, 3.63) is 24.0 Å². The molecule has 0 aromatic heterocycles. The highest BCUT2D eigenvalue weighted by Crippen LogP contribution is 2.56. The van der Waals surface area contributed by atoms with Gasteiger partial charge in [-0.2, -0.15) is 0 Å². The van der Waals surface area contributed by atoms with Crippen molar-refractivity contribution in [2.45, 2.75) is 79.1 Å². The van der Waals surface area contributed by atoms with Gasteiger partial charge in [0.2, 0.25) is 5.78 Å². The molecule has 1 fully saturated rings. The summed E-state index contributed by atoms with van der Waals surface area (Å²) in [5.41, 5.74) is -0.121. The second kappa shape index (κ2) is 6.30. The van der Waals surface area contributed by atoms with Crippen molar-refractivity contribution in [3.8, 4) is 0 Å². The summed E-state index contributed by atoms with van der Waals surface area (Å²) in [7, 11) is 0. The number of ketones is 1. The van der Waals surface area contributed by atoms with Crippen LogP contribution in [0.2, 0.25) is 0 Å². The smallest absolute Gasteiger partial charge is 0.219 e. The van der Waals surface area contributed by atoms with Crippen LogP contribution < -0.4 is 0 Å². The minimum absolute atomic E-state index is 0.0880. The summed E-state index contributed by atoms with van der Waals surface area (Å²) in [6.45, 7) is 18.7. The van der Waals surface area contributed by atoms with Crippen molar-refractivity contribution < 1.29 is 19.0 Å². The van der Waals surface area contributed by atoms with Gasteiger partial charge < -0.3 is 14.2 Å². The van der Waals surface area contributed by atoms with Gasteiger partial charge in [0.1, 0.15) is 18.5 Å². The molecular formula is C20H32O4. The zero-order chi connectivity index (χ0) is 18.3. The Morgan fingerprint density at radius 1 is 1.29 bits per heavy atom. The predicted molar refractivity (Wildman–Crippen MR) is 94.5 cm³/mol. The minimum atomic E-state index is -0.528. The van der Waals surface area contributed by atoms with Crippen LogP contribution >= 0.6 is 0 Å². The highest BCUT2D eigenvalue weighted by molar-refractivity contribution is 6.03. The average Bonchev–Trinajstić information content (AvgIpc) is 2.77. The van der Waals surface area contributed by atoms with Crippen LogP contribution in [0.15, 0.2) is 24.0 Å². The molecule has 0 spiro atoms. The molecule has 0 amide bonds. The van der Waals surface area contributed by atoms with Crippen LogP contribution in [0.1, 0.15) is 61.3 Å². The van der Waals surface area contributed by atoms with Crippen LogP contribution in [-0.4, -0.2) is 30.4 Å². The number of carbonyl (C=O) groups is 1. The Hall–Kier alpha value is -1.13. The first-order chi connectivity index (χ1) is 11.1. The number of allylic oxidation sites excluding steroid dienone is 1. The number of carbonyl (C=O) groups excluding carboxylic acids is 1. The van der Waals surface area contributed by atoms with Gasteiger partial charge in [-0.15, -0.1) is 0 Å². The lowest BCUT2D eigenvalue weighted by Gasteiger charge is -2.57. The van der Waals surface area contributed by atoms with Gasteiger partial charge in [-0.25, -0.2) is 0 Å². The molecule has 0 bridgehead atoms. The molecule has 24 heavy (non-hydrogen) atoms. The molecule has 4 heteroatoms. The van der Waals surface area contributed by atoms with E-state index in [0.717, 1.165) is 18.4 Å². The van der Waals surface area contributed by atoms with Gasteiger partial charge >= 0.3 is 0 Å². The third kappa shape index (κ3) is 2.46. The summed E-state index contributed by atoms with van der Waals surface area (Å²) < 4.78 is 18.4. The number of ether oxygens (including phenoxy) is 3. The Balaban J connectivity index is 2.52. The summed E-state index contributed by atoms with van der Waals surface area (Å²) in [5.74, 6) is 0.262. The second-order valence-electron chi connectivity index (χ2n) is 8.03. The molecule has 2 aliphatic heterocycles. The van der Waals surface area contributed by atoms with E-state index in [4.69, 9.17) is 14.2 Å². The molecule has 0 radical (unpaired) electrons. The van der Waals surface area contributed by atoms with E-state index in [-0.39, 0.29) is 35.6 Å². The fourth-order valence-electron chi connectivity index (χ4n) is 4.53. The molecular weight excluding hydrogens is 304 g/mol. The maximum absolute atomic E-state index is 12.2. The molecule has 0 aromatic carbocycles. The molecule has 136 valence electrons. The second-order valence-corrected chi connectivity index (χ2v) is 8.03. The van der Waals surface area contributed by atoms with Crippen LogP contribution in [0.25, 0.3) is 0 Å². The molecule has 0 N–H and O–H groups in total. The normalized spacial score (nSPS) is 34.8. The fraction of sp³-hybridized carbons (Fsp3) is 0.750. The van der Waals surface area contributed by atoms with Gasteiger partial charge in [-0.1, -0.05) is 48.1 Å². The number of hydrogen-bond acceptors (Lipinski definition) is 4. The van der Waals surface area contributed by atoms with Gasteiger partial charge in [-0.05, 0) is 31.4 Å². The van der Waals surface area contributed by atoms with E-state index < -0.39 is 5.60 Å². The van der Waals surface area contributed by atoms with Crippen molar-refractivity contribution in [1.29, 1.82) is 0 Å². The molecule has 3 unspecified atom stereocenters. The Bertz CT molecular complexity index is 558. The van der Waals surface area contributed by atoms with Gasteiger partial charge in [-0.3, -0.25) is 4.79 Å². The Labute approximate surface area is 146 Å². The first-order valence-corrected chi connectivity index (χ1v) is 8.90. The molecule has 0 saturated carbocycles. The van der Waals surface area contributed by atoms with E-state index in [1.54, 1.807) is 0 Å². The third-order valence-electron chi connectivity index (χ3n) is 6.41. The van der Waals surface area contributed by atoms with Crippen LogP contribution in [0, 0.1) is 10.8 Å². The highest BCUT2D eigenvalue weighted by atomic mass is 16.7. The number of hydrogen-bond donors (Lipinski definition) is 0. The maximum Gasteiger partial charge on any atom is 0.219 e. The Morgan fingerprint density at radius 2 is 1.92 bits per heavy atom. The van der Waals surface area contributed by atoms with Crippen LogP contribution in [0.4, 0.5) is 0 Å². The SMILES string of the molecule is C=CC(=O)C1=C(C)C(C)(C)C(C2(CC)OCOC(CC)C2(C)C)O1. The Morgan fingerprint density at radius 3 is 2.42 bits per heavy atom. The van der Waals surface area contributed by atoms with E-state index in [9.17, 15) is 4.79 Å². The van der Waals surface area contributed by atoms with Gasteiger partial charge in [0, 0.05) is 10.8 Å². The van der Waals surface area contributed by atoms with Crippen molar-refractivity contribution in [3.63, 3.8) is 0 Å². The van der Waals surface area contributed by atoms with Crippen molar-refractivity contribution in [2.24, 2.45) is 10.8 Å². The first kappa shape index (κ1) is 19.2. The average molecular weight is 336 g/mol. The summed E-state index contributed by atoms with van der Waals surface area (Å²) in [4.78, 5) is 12.2. The molecule has 2 heterocycles. The number of rotatable bonds is 5. The van der Waals surface area contributed by atoms with Crippen molar-refractivity contribution in [1.82, 2.24) is 0 Å². The topological polar surface area (TPSA) is 44.8 Å². The summed E-state index contributed by atoms with van der Waals surface area (Å²) in [5, 5.41) is 0. The summed E-state index contributed by atoms with van der Waals surface area (Å²) >= 11 is 0. The van der Waals surface area contributed by atoms with Crippen LogP contribution in [0.5, 0.6) is 0 Å². The van der Waals surface area contributed by atoms with Crippen LogP contribution in [-0.2, 0) is 19.0 Å². The molecule has 3 atom stereocenters. The maximum atomic E-state index is 12.2. The van der Waals surface area contributed by atoms with E-state index in [2.05, 4.69) is 48.1 Å². The lowest BCUT2D eigenvalue weighted by Crippen LogP contribution is -2.66. The molecule has 2 rings (SSSR count). The van der Waals surface area contributed by atoms with E-state index in [1.807, 2.05) is 6.92 Å². The standard InChI is InChI=1S/C20H32O4/c1-9-14(21)16-13(4)18(5,6)17(24-16)20(11-3)19(7,8)15(10-2)22-12-23-20/h9,15,17H,1,10-12H2,2-8H3. The zero-order valence-corrected chi connectivity index (χ0v) is 16.2.